The molecule has 0 radical (unpaired) electrons. The highest BCUT2D eigenvalue weighted by Gasteiger charge is 2.07. The summed E-state index contributed by atoms with van der Waals surface area (Å²) in [5.74, 6) is 0. The Morgan fingerprint density at radius 1 is 0.812 bits per heavy atom. The van der Waals surface area contributed by atoms with Gasteiger partial charge in [-0.1, -0.05) is 18.2 Å². The molecule has 0 atom stereocenters. The van der Waals surface area contributed by atoms with E-state index in [2.05, 4.69) is 29.2 Å². The Labute approximate surface area is 91.5 Å². The minimum absolute atomic E-state index is 0.930. The summed E-state index contributed by atoms with van der Waals surface area (Å²) in [4.78, 5) is 3.45. The third kappa shape index (κ3) is 0.865. The summed E-state index contributed by atoms with van der Waals surface area (Å²) in [5.41, 5.74) is 3.26. The summed E-state index contributed by atoms with van der Waals surface area (Å²) >= 11 is 0. The van der Waals surface area contributed by atoms with Crippen molar-refractivity contribution in [3.05, 3.63) is 48.7 Å². The number of hydrogen-bond acceptors (Lipinski definition) is 1. The van der Waals surface area contributed by atoms with E-state index in [1.165, 1.54) is 16.3 Å². The van der Waals surface area contributed by atoms with Crippen molar-refractivity contribution in [1.29, 1.82) is 0 Å². The lowest BCUT2D eigenvalue weighted by atomic mass is 10.1. The van der Waals surface area contributed by atoms with Gasteiger partial charge in [-0.25, -0.2) is 0 Å². The minimum Gasteiger partial charge on any atom is -0.464 e. The molecule has 0 saturated carbocycles. The van der Waals surface area contributed by atoms with Gasteiger partial charge in [-0.3, -0.25) is 0 Å². The molecule has 2 aromatic carbocycles. The minimum atomic E-state index is 0.930. The van der Waals surface area contributed by atoms with Crippen LogP contribution in [0.25, 0.3) is 32.8 Å². The molecule has 0 fully saturated rings. The van der Waals surface area contributed by atoms with Crippen LogP contribution in [0.5, 0.6) is 0 Å². The monoisotopic (exact) mass is 207 g/mol. The zero-order valence-electron chi connectivity index (χ0n) is 8.53. The zero-order valence-corrected chi connectivity index (χ0v) is 8.53. The summed E-state index contributed by atoms with van der Waals surface area (Å²) < 4.78 is 5.40. The maximum Gasteiger partial charge on any atom is 0.135 e. The molecule has 0 amide bonds. The van der Waals surface area contributed by atoms with Crippen molar-refractivity contribution in [3.8, 4) is 0 Å². The average Bonchev–Trinajstić information content (AvgIpc) is 2.92. The lowest BCUT2D eigenvalue weighted by molar-refractivity contribution is 0.616. The molecule has 0 aliphatic heterocycles. The zero-order chi connectivity index (χ0) is 10.5. The van der Waals surface area contributed by atoms with Crippen molar-refractivity contribution in [2.45, 2.75) is 0 Å². The third-order valence-electron chi connectivity index (χ3n) is 3.11. The Hall–Kier alpha value is -2.22. The van der Waals surface area contributed by atoms with Gasteiger partial charge in [-0.05, 0) is 24.3 Å². The van der Waals surface area contributed by atoms with Gasteiger partial charge in [0, 0.05) is 21.7 Å². The average molecular weight is 207 g/mol. The van der Waals surface area contributed by atoms with Crippen LogP contribution in [0.15, 0.2) is 53.1 Å². The summed E-state index contributed by atoms with van der Waals surface area (Å²) in [7, 11) is 0. The van der Waals surface area contributed by atoms with E-state index in [1.807, 2.05) is 18.2 Å². The molecule has 2 nitrogen and oxygen atoms in total. The van der Waals surface area contributed by atoms with Crippen molar-refractivity contribution in [2.24, 2.45) is 0 Å². The van der Waals surface area contributed by atoms with Gasteiger partial charge < -0.3 is 9.40 Å². The molecular formula is C14H9NO. The van der Waals surface area contributed by atoms with E-state index in [0.29, 0.717) is 0 Å². The van der Waals surface area contributed by atoms with Gasteiger partial charge in [-0.15, -0.1) is 0 Å². The number of furan rings is 1. The maximum atomic E-state index is 5.40. The Bertz CT molecular complexity index is 807. The first-order valence-corrected chi connectivity index (χ1v) is 5.30. The summed E-state index contributed by atoms with van der Waals surface area (Å²) in [6.45, 7) is 0. The van der Waals surface area contributed by atoms with Crippen LogP contribution in [0, 0.1) is 0 Å². The Balaban J connectivity index is 2.38. The van der Waals surface area contributed by atoms with Crippen molar-refractivity contribution < 1.29 is 4.42 Å². The molecule has 1 N–H and O–H groups in total. The van der Waals surface area contributed by atoms with Crippen molar-refractivity contribution in [2.75, 3.05) is 0 Å². The highest BCUT2D eigenvalue weighted by Crippen LogP contribution is 2.31. The van der Waals surface area contributed by atoms with Crippen molar-refractivity contribution in [1.82, 2.24) is 4.98 Å². The first kappa shape index (κ1) is 7.99. The van der Waals surface area contributed by atoms with E-state index in [0.717, 1.165) is 16.5 Å². The fourth-order valence-corrected chi connectivity index (χ4v) is 2.36. The molecular weight excluding hydrogens is 198 g/mol. The van der Waals surface area contributed by atoms with E-state index < -0.39 is 0 Å². The van der Waals surface area contributed by atoms with E-state index >= 15 is 0 Å². The third-order valence-corrected chi connectivity index (χ3v) is 3.11. The molecule has 2 heterocycles. The van der Waals surface area contributed by atoms with Crippen LogP contribution in [0.2, 0.25) is 0 Å². The molecule has 4 aromatic rings. The van der Waals surface area contributed by atoms with Crippen LogP contribution < -0.4 is 0 Å². The van der Waals surface area contributed by atoms with Gasteiger partial charge in [0.1, 0.15) is 5.58 Å². The molecule has 0 aliphatic rings. The van der Waals surface area contributed by atoms with Crippen molar-refractivity contribution in [3.63, 3.8) is 0 Å². The van der Waals surface area contributed by atoms with Crippen LogP contribution in [0.1, 0.15) is 0 Å². The van der Waals surface area contributed by atoms with Gasteiger partial charge in [0.05, 0.1) is 11.8 Å². The fourth-order valence-electron chi connectivity index (χ4n) is 2.36. The van der Waals surface area contributed by atoms with Crippen LogP contribution in [-0.2, 0) is 0 Å². The first-order valence-electron chi connectivity index (χ1n) is 5.30. The van der Waals surface area contributed by atoms with E-state index in [1.54, 1.807) is 6.26 Å². The number of nitrogens with one attached hydrogen (secondary N) is 1. The second kappa shape index (κ2) is 2.67. The highest BCUT2D eigenvalue weighted by atomic mass is 16.3. The van der Waals surface area contributed by atoms with Gasteiger partial charge >= 0.3 is 0 Å². The summed E-state index contributed by atoms with van der Waals surface area (Å²) in [5, 5.41) is 3.67. The largest absolute Gasteiger partial charge is 0.464 e. The lowest BCUT2D eigenvalue weighted by Gasteiger charge is -1.91. The SMILES string of the molecule is c1ccc2c(c1)[nH]c1c3ccoc3ccc21. The number of aromatic amines is 1. The number of para-hydroxylation sites is 1. The molecule has 0 unspecified atom stereocenters. The van der Waals surface area contributed by atoms with Crippen LogP contribution >= 0.6 is 0 Å². The predicted octanol–water partition coefficient (Wildman–Crippen LogP) is 4.07. The first-order chi connectivity index (χ1) is 7.93. The number of hydrogen-bond donors (Lipinski definition) is 1. The molecule has 4 rings (SSSR count). The number of fused-ring (bicyclic) bond motifs is 5. The van der Waals surface area contributed by atoms with E-state index in [-0.39, 0.29) is 0 Å². The smallest absolute Gasteiger partial charge is 0.135 e. The van der Waals surface area contributed by atoms with Crippen molar-refractivity contribution >= 4 is 32.8 Å². The Kier molecular flexibility index (Phi) is 1.33. The molecule has 0 spiro atoms. The Morgan fingerprint density at radius 3 is 2.75 bits per heavy atom. The quantitative estimate of drug-likeness (QED) is 0.462. The second-order valence-electron chi connectivity index (χ2n) is 3.99. The number of rotatable bonds is 0. The normalized spacial score (nSPS) is 11.8. The fraction of sp³-hybridized carbons (Fsp3) is 0. The van der Waals surface area contributed by atoms with Gasteiger partial charge in [-0.2, -0.15) is 0 Å². The molecule has 0 bridgehead atoms. The van der Waals surface area contributed by atoms with Gasteiger partial charge in [0.2, 0.25) is 0 Å². The van der Waals surface area contributed by atoms with E-state index in [9.17, 15) is 0 Å². The number of aromatic nitrogens is 1. The molecule has 0 aliphatic carbocycles. The van der Waals surface area contributed by atoms with Gasteiger partial charge in [0.25, 0.3) is 0 Å². The Morgan fingerprint density at radius 2 is 1.75 bits per heavy atom. The van der Waals surface area contributed by atoms with Crippen LogP contribution in [0.4, 0.5) is 0 Å². The highest BCUT2D eigenvalue weighted by molar-refractivity contribution is 6.16. The topological polar surface area (TPSA) is 28.9 Å². The predicted molar refractivity (Wildman–Crippen MR) is 65.6 cm³/mol. The summed E-state index contributed by atoms with van der Waals surface area (Å²) in [6, 6.07) is 14.5. The van der Waals surface area contributed by atoms with E-state index in [4.69, 9.17) is 4.42 Å². The molecule has 2 aromatic heterocycles. The molecule has 76 valence electrons. The second-order valence-corrected chi connectivity index (χ2v) is 3.99. The molecule has 2 heteroatoms. The molecule has 0 saturated heterocycles. The van der Waals surface area contributed by atoms with Crippen LogP contribution in [-0.4, -0.2) is 4.98 Å². The van der Waals surface area contributed by atoms with Gasteiger partial charge in [0.15, 0.2) is 0 Å². The van der Waals surface area contributed by atoms with Crippen LogP contribution in [0.3, 0.4) is 0 Å². The number of H-pyrrole nitrogens is 1. The summed E-state index contributed by atoms with van der Waals surface area (Å²) in [6.07, 6.45) is 1.73. The lowest BCUT2D eigenvalue weighted by Crippen LogP contribution is -1.68. The number of benzene rings is 2. The maximum absolute atomic E-state index is 5.40. The standard InChI is InChI=1S/C14H9NO/c1-2-4-12-9(3-1)10-5-6-13-11(7-8-16-13)14(10)15-12/h1-8,15H. The molecule has 16 heavy (non-hydrogen) atoms.